The number of hydrogen-bond donors (Lipinski definition) is 1. The highest BCUT2D eigenvalue weighted by Crippen LogP contribution is 2.26. The second kappa shape index (κ2) is 10.2. The van der Waals surface area contributed by atoms with Crippen LogP contribution in [0.15, 0.2) is 60.7 Å². The Balaban J connectivity index is 1.58. The van der Waals surface area contributed by atoms with E-state index >= 15 is 0 Å². The molecule has 0 bridgehead atoms. The molecule has 1 saturated heterocycles. The van der Waals surface area contributed by atoms with Crippen LogP contribution in [-0.2, 0) is 27.4 Å². The van der Waals surface area contributed by atoms with Gasteiger partial charge in [-0.2, -0.15) is 5.26 Å². The van der Waals surface area contributed by atoms with Crippen LogP contribution in [0.25, 0.3) is 0 Å². The van der Waals surface area contributed by atoms with Crippen molar-refractivity contribution in [3.8, 4) is 6.07 Å². The second-order valence-electron chi connectivity index (χ2n) is 6.71. The van der Waals surface area contributed by atoms with Crippen LogP contribution in [0.5, 0.6) is 0 Å². The highest BCUT2D eigenvalue weighted by atomic mass is 16.6. The Kier molecular flexibility index (Phi) is 7.37. The number of ether oxygens (including phenoxy) is 3. The number of nitriles is 1. The van der Waals surface area contributed by atoms with E-state index in [1.807, 2.05) is 60.7 Å². The summed E-state index contributed by atoms with van der Waals surface area (Å²) in [5, 5.41) is 19.3. The average molecular weight is 367 g/mol. The van der Waals surface area contributed by atoms with E-state index < -0.39 is 12.2 Å². The molecule has 1 heterocycles. The molecule has 142 valence electrons. The summed E-state index contributed by atoms with van der Waals surface area (Å²) < 4.78 is 17.8. The quantitative estimate of drug-likeness (QED) is 0.776. The van der Waals surface area contributed by atoms with E-state index in [2.05, 4.69) is 6.07 Å². The van der Waals surface area contributed by atoms with Gasteiger partial charge < -0.3 is 19.3 Å². The van der Waals surface area contributed by atoms with Crippen LogP contribution in [0.1, 0.15) is 24.0 Å². The molecule has 2 aromatic rings. The molecule has 0 amide bonds. The van der Waals surface area contributed by atoms with Gasteiger partial charge in [0, 0.05) is 6.42 Å². The van der Waals surface area contributed by atoms with Gasteiger partial charge in [-0.15, -0.1) is 0 Å². The monoisotopic (exact) mass is 367 g/mol. The molecule has 0 spiro atoms. The Morgan fingerprint density at radius 3 is 2.22 bits per heavy atom. The van der Waals surface area contributed by atoms with Crippen molar-refractivity contribution in [3.63, 3.8) is 0 Å². The maximum Gasteiger partial charge on any atom is 0.108 e. The summed E-state index contributed by atoms with van der Waals surface area (Å²) >= 11 is 0. The number of benzene rings is 2. The lowest BCUT2D eigenvalue weighted by Crippen LogP contribution is -2.50. The zero-order valence-corrected chi connectivity index (χ0v) is 15.2. The maximum atomic E-state index is 10.3. The number of nitrogens with zero attached hydrogens (tertiary/aromatic N) is 1. The van der Waals surface area contributed by atoms with Crippen LogP contribution in [0.4, 0.5) is 0 Å². The Hall–Kier alpha value is -2.23. The molecule has 1 aliphatic heterocycles. The molecular weight excluding hydrogens is 342 g/mol. The Labute approximate surface area is 160 Å². The van der Waals surface area contributed by atoms with E-state index in [0.717, 1.165) is 11.1 Å². The predicted molar refractivity (Wildman–Crippen MR) is 101 cm³/mol. The first-order valence-corrected chi connectivity index (χ1v) is 9.24. The van der Waals surface area contributed by atoms with Crippen LogP contribution < -0.4 is 0 Å². The van der Waals surface area contributed by atoms with Crippen molar-refractivity contribution < 1.29 is 19.3 Å². The molecular formula is C22H25NO4. The van der Waals surface area contributed by atoms with Crippen LogP contribution in [0, 0.1) is 11.3 Å². The number of hydrogen-bond acceptors (Lipinski definition) is 5. The van der Waals surface area contributed by atoms with Gasteiger partial charge in [0.25, 0.3) is 0 Å². The molecule has 27 heavy (non-hydrogen) atoms. The van der Waals surface area contributed by atoms with Crippen molar-refractivity contribution in [2.24, 2.45) is 0 Å². The summed E-state index contributed by atoms with van der Waals surface area (Å²) in [4.78, 5) is 0. The smallest absolute Gasteiger partial charge is 0.108 e. The fourth-order valence-corrected chi connectivity index (χ4v) is 3.19. The van der Waals surface area contributed by atoms with Gasteiger partial charge in [0.2, 0.25) is 0 Å². The first kappa shape index (κ1) is 19.5. The molecule has 1 fully saturated rings. The van der Waals surface area contributed by atoms with Gasteiger partial charge in [-0.25, -0.2) is 0 Å². The van der Waals surface area contributed by atoms with Crippen molar-refractivity contribution in [2.45, 2.75) is 50.5 Å². The molecule has 0 aliphatic carbocycles. The normalized spacial score (nSPS) is 25.0. The highest BCUT2D eigenvalue weighted by Gasteiger charge is 2.37. The molecule has 2 aromatic carbocycles. The summed E-state index contributed by atoms with van der Waals surface area (Å²) in [5.41, 5.74) is 2.15. The van der Waals surface area contributed by atoms with Gasteiger partial charge >= 0.3 is 0 Å². The number of aliphatic hydroxyl groups is 1. The van der Waals surface area contributed by atoms with Gasteiger partial charge in [0.05, 0.1) is 50.6 Å². The van der Waals surface area contributed by atoms with Crippen molar-refractivity contribution in [2.75, 3.05) is 6.61 Å². The van der Waals surface area contributed by atoms with Crippen molar-refractivity contribution in [1.82, 2.24) is 0 Å². The summed E-state index contributed by atoms with van der Waals surface area (Å²) in [6.07, 6.45) is -1.24. The molecule has 3 rings (SSSR count). The standard InChI is InChI=1S/C22H25NO4/c23-12-11-20-19(24)13-21(26-15-18-9-5-2-6-10-18)22(27-20)16-25-14-17-7-3-1-4-8-17/h1-10,19-22,24H,11,13-16H2/t19-,20+,21+,22-/m0/s1. The van der Waals surface area contributed by atoms with Crippen LogP contribution in [0.2, 0.25) is 0 Å². The summed E-state index contributed by atoms with van der Waals surface area (Å²) in [6, 6.07) is 21.9. The topological polar surface area (TPSA) is 71.7 Å². The third-order valence-electron chi connectivity index (χ3n) is 4.66. The van der Waals surface area contributed by atoms with E-state index in [1.165, 1.54) is 0 Å². The van der Waals surface area contributed by atoms with Gasteiger partial charge in [-0.1, -0.05) is 60.7 Å². The lowest BCUT2D eigenvalue weighted by atomic mass is 9.96. The Morgan fingerprint density at radius 2 is 1.59 bits per heavy atom. The molecule has 1 N–H and O–H groups in total. The van der Waals surface area contributed by atoms with E-state index in [1.54, 1.807) is 0 Å². The minimum Gasteiger partial charge on any atom is -0.390 e. The minimum atomic E-state index is -0.712. The maximum absolute atomic E-state index is 10.3. The average Bonchev–Trinajstić information content (AvgIpc) is 2.71. The van der Waals surface area contributed by atoms with Crippen molar-refractivity contribution in [3.05, 3.63) is 71.8 Å². The molecule has 0 unspecified atom stereocenters. The third-order valence-corrected chi connectivity index (χ3v) is 4.66. The number of rotatable bonds is 8. The lowest BCUT2D eigenvalue weighted by Gasteiger charge is -2.38. The first-order chi connectivity index (χ1) is 13.3. The largest absolute Gasteiger partial charge is 0.390 e. The molecule has 0 saturated carbocycles. The zero-order chi connectivity index (χ0) is 18.9. The Bertz CT molecular complexity index is 716. The molecule has 0 aromatic heterocycles. The van der Waals surface area contributed by atoms with E-state index in [9.17, 15) is 5.11 Å². The van der Waals surface area contributed by atoms with Gasteiger partial charge in [-0.3, -0.25) is 0 Å². The van der Waals surface area contributed by atoms with E-state index in [4.69, 9.17) is 19.5 Å². The Morgan fingerprint density at radius 1 is 0.963 bits per heavy atom. The lowest BCUT2D eigenvalue weighted by molar-refractivity contribution is -0.200. The molecule has 5 nitrogen and oxygen atoms in total. The predicted octanol–water partition coefficient (Wildman–Crippen LogP) is 3.22. The van der Waals surface area contributed by atoms with Gasteiger partial charge in [0.1, 0.15) is 6.10 Å². The van der Waals surface area contributed by atoms with Crippen LogP contribution >= 0.6 is 0 Å². The van der Waals surface area contributed by atoms with Crippen molar-refractivity contribution in [1.29, 1.82) is 5.26 Å². The van der Waals surface area contributed by atoms with E-state index in [-0.39, 0.29) is 18.6 Å². The molecule has 0 radical (unpaired) electrons. The summed E-state index contributed by atoms with van der Waals surface area (Å²) in [7, 11) is 0. The first-order valence-electron chi connectivity index (χ1n) is 9.24. The molecule has 5 heteroatoms. The van der Waals surface area contributed by atoms with Gasteiger partial charge in [-0.05, 0) is 11.1 Å². The SMILES string of the molecule is N#CC[C@H]1O[C@@H](COCc2ccccc2)[C@H](OCc2ccccc2)C[C@@H]1O. The zero-order valence-electron chi connectivity index (χ0n) is 15.2. The third kappa shape index (κ3) is 5.88. The second-order valence-corrected chi connectivity index (χ2v) is 6.71. The minimum absolute atomic E-state index is 0.155. The molecule has 4 atom stereocenters. The van der Waals surface area contributed by atoms with Gasteiger partial charge in [0.15, 0.2) is 0 Å². The van der Waals surface area contributed by atoms with Crippen molar-refractivity contribution >= 4 is 0 Å². The molecule has 1 aliphatic rings. The fourth-order valence-electron chi connectivity index (χ4n) is 3.19. The highest BCUT2D eigenvalue weighted by molar-refractivity contribution is 5.14. The van der Waals surface area contributed by atoms with Crippen LogP contribution in [-0.4, -0.2) is 36.1 Å². The summed E-state index contributed by atoms with van der Waals surface area (Å²) in [5.74, 6) is 0. The van der Waals surface area contributed by atoms with E-state index in [0.29, 0.717) is 26.2 Å². The van der Waals surface area contributed by atoms with Crippen LogP contribution in [0.3, 0.4) is 0 Å². The number of aliphatic hydroxyl groups excluding tert-OH is 1. The fraction of sp³-hybridized carbons (Fsp3) is 0.409. The summed E-state index contributed by atoms with van der Waals surface area (Å²) in [6.45, 7) is 1.28.